The van der Waals surface area contributed by atoms with Crippen molar-refractivity contribution in [2.75, 3.05) is 5.73 Å². The van der Waals surface area contributed by atoms with Crippen LogP contribution in [0.5, 0.6) is 0 Å². The molecule has 1 aromatic rings. The van der Waals surface area contributed by atoms with Crippen LogP contribution in [0.2, 0.25) is 0 Å². The molecule has 0 unspecified atom stereocenters. The van der Waals surface area contributed by atoms with Crippen LogP contribution in [0, 0.1) is 0 Å². The number of nitrogens with zero attached hydrogens (tertiary/aromatic N) is 1. The van der Waals surface area contributed by atoms with E-state index in [1.54, 1.807) is 18.3 Å². The summed E-state index contributed by atoms with van der Waals surface area (Å²) in [7, 11) is 0. The minimum Gasteiger partial charge on any atom is -0.383 e. The van der Waals surface area contributed by atoms with E-state index in [0.717, 1.165) is 19.3 Å². The molecule has 2 rings (SSSR count). The van der Waals surface area contributed by atoms with Gasteiger partial charge in [0.15, 0.2) is 5.78 Å². The molecular weight excluding hydrogens is 178 g/mol. The molecule has 0 aliphatic heterocycles. The minimum absolute atomic E-state index is 0.0747. The molecule has 14 heavy (non-hydrogen) atoms. The first-order valence-electron chi connectivity index (χ1n) is 4.68. The number of rotatable bonds is 2. The average molecular weight is 191 g/mol. The third-order valence-electron chi connectivity index (χ3n) is 2.78. The summed E-state index contributed by atoms with van der Waals surface area (Å²) in [4.78, 5) is 15.8. The third kappa shape index (κ3) is 1.28. The van der Waals surface area contributed by atoms with Gasteiger partial charge in [-0.3, -0.25) is 4.79 Å². The van der Waals surface area contributed by atoms with E-state index in [1.165, 1.54) is 0 Å². The first-order valence-corrected chi connectivity index (χ1v) is 4.68. The van der Waals surface area contributed by atoms with Gasteiger partial charge in [0.2, 0.25) is 0 Å². The van der Waals surface area contributed by atoms with Crippen molar-refractivity contribution in [3.8, 4) is 0 Å². The maximum Gasteiger partial charge on any atom is 0.186 e. The lowest BCUT2D eigenvalue weighted by Crippen LogP contribution is -2.53. The zero-order valence-electron chi connectivity index (χ0n) is 7.86. The molecule has 1 aliphatic rings. The SMILES string of the molecule is Nc1ncccc1C(=O)C1(N)CCC1. The number of ketones is 1. The second-order valence-electron chi connectivity index (χ2n) is 3.78. The van der Waals surface area contributed by atoms with Crippen LogP contribution in [0.25, 0.3) is 0 Å². The first-order chi connectivity index (χ1) is 6.63. The van der Waals surface area contributed by atoms with E-state index in [1.807, 2.05) is 0 Å². The molecule has 1 aromatic heterocycles. The van der Waals surface area contributed by atoms with Crippen molar-refractivity contribution in [2.24, 2.45) is 5.73 Å². The molecule has 0 aromatic carbocycles. The molecule has 0 bridgehead atoms. The largest absolute Gasteiger partial charge is 0.383 e. The first kappa shape index (κ1) is 9.15. The molecule has 1 aliphatic carbocycles. The second kappa shape index (κ2) is 3.06. The Hall–Kier alpha value is -1.42. The molecule has 4 N–H and O–H groups in total. The van der Waals surface area contributed by atoms with Crippen LogP contribution < -0.4 is 11.5 Å². The van der Waals surface area contributed by atoms with E-state index in [-0.39, 0.29) is 11.6 Å². The summed E-state index contributed by atoms with van der Waals surface area (Å²) in [6, 6.07) is 3.38. The third-order valence-corrected chi connectivity index (χ3v) is 2.78. The Labute approximate surface area is 82.3 Å². The predicted molar refractivity (Wildman–Crippen MR) is 53.7 cm³/mol. The fraction of sp³-hybridized carbons (Fsp3) is 0.400. The molecular formula is C10H13N3O. The number of carbonyl (C=O) groups excluding carboxylic acids is 1. The van der Waals surface area contributed by atoms with Crippen LogP contribution in [0.1, 0.15) is 29.6 Å². The number of Topliss-reactive ketones (excluding diaryl/α,β-unsaturated/α-hetero) is 1. The van der Waals surface area contributed by atoms with E-state index < -0.39 is 5.54 Å². The van der Waals surface area contributed by atoms with Crippen molar-refractivity contribution in [1.29, 1.82) is 0 Å². The van der Waals surface area contributed by atoms with Gasteiger partial charge in [0.05, 0.1) is 11.1 Å². The van der Waals surface area contributed by atoms with Crippen LogP contribution in [-0.4, -0.2) is 16.3 Å². The van der Waals surface area contributed by atoms with Crippen LogP contribution in [0.4, 0.5) is 5.82 Å². The van der Waals surface area contributed by atoms with Gasteiger partial charge in [0.1, 0.15) is 5.82 Å². The number of nitrogens with two attached hydrogens (primary N) is 2. The number of hydrogen-bond donors (Lipinski definition) is 2. The van der Waals surface area contributed by atoms with Crippen LogP contribution in [-0.2, 0) is 0 Å². The number of aromatic nitrogens is 1. The number of carbonyl (C=O) groups is 1. The maximum absolute atomic E-state index is 11.9. The van der Waals surface area contributed by atoms with E-state index in [0.29, 0.717) is 5.56 Å². The smallest absolute Gasteiger partial charge is 0.186 e. The Kier molecular flexibility index (Phi) is 2.00. The average Bonchev–Trinajstić information content (AvgIpc) is 2.14. The normalized spacial score (nSPS) is 18.6. The van der Waals surface area contributed by atoms with Crippen molar-refractivity contribution < 1.29 is 4.79 Å². The molecule has 0 atom stereocenters. The molecule has 4 nitrogen and oxygen atoms in total. The summed E-state index contributed by atoms with van der Waals surface area (Å²) in [6.07, 6.45) is 4.08. The lowest BCUT2D eigenvalue weighted by molar-refractivity contribution is 0.0801. The fourth-order valence-corrected chi connectivity index (χ4v) is 1.66. The van der Waals surface area contributed by atoms with Gasteiger partial charge in [-0.1, -0.05) is 0 Å². The zero-order valence-corrected chi connectivity index (χ0v) is 7.86. The summed E-state index contributed by atoms with van der Waals surface area (Å²) >= 11 is 0. The van der Waals surface area contributed by atoms with Gasteiger partial charge in [-0.25, -0.2) is 4.98 Å². The maximum atomic E-state index is 11.9. The molecule has 1 fully saturated rings. The van der Waals surface area contributed by atoms with Gasteiger partial charge < -0.3 is 11.5 Å². The van der Waals surface area contributed by atoms with Crippen LogP contribution in [0.15, 0.2) is 18.3 Å². The molecule has 1 heterocycles. The van der Waals surface area contributed by atoms with E-state index >= 15 is 0 Å². The molecule has 0 spiro atoms. The highest BCUT2D eigenvalue weighted by Gasteiger charge is 2.41. The quantitative estimate of drug-likeness (QED) is 0.675. The van der Waals surface area contributed by atoms with Gasteiger partial charge in [0, 0.05) is 6.20 Å². The molecule has 0 radical (unpaired) electrons. The number of pyridine rings is 1. The lowest BCUT2D eigenvalue weighted by atomic mass is 9.73. The number of anilines is 1. The lowest BCUT2D eigenvalue weighted by Gasteiger charge is -2.36. The molecule has 0 amide bonds. The van der Waals surface area contributed by atoms with Crippen molar-refractivity contribution in [2.45, 2.75) is 24.8 Å². The summed E-state index contributed by atoms with van der Waals surface area (Å²) in [5.41, 5.74) is 11.3. The Morgan fingerprint density at radius 2 is 2.21 bits per heavy atom. The van der Waals surface area contributed by atoms with Gasteiger partial charge in [-0.15, -0.1) is 0 Å². The highest BCUT2D eigenvalue weighted by Crippen LogP contribution is 2.33. The monoisotopic (exact) mass is 191 g/mol. The fourth-order valence-electron chi connectivity index (χ4n) is 1.66. The molecule has 4 heteroatoms. The topological polar surface area (TPSA) is 82.0 Å². The summed E-state index contributed by atoms with van der Waals surface area (Å²) in [6.45, 7) is 0. The van der Waals surface area contributed by atoms with Crippen molar-refractivity contribution in [3.63, 3.8) is 0 Å². The van der Waals surface area contributed by atoms with Gasteiger partial charge in [0.25, 0.3) is 0 Å². The number of hydrogen-bond acceptors (Lipinski definition) is 4. The highest BCUT2D eigenvalue weighted by atomic mass is 16.1. The Bertz CT molecular complexity index is 371. The van der Waals surface area contributed by atoms with Gasteiger partial charge >= 0.3 is 0 Å². The highest BCUT2D eigenvalue weighted by molar-refractivity contribution is 6.06. The standard InChI is InChI=1S/C10H13N3O/c11-9-7(3-1-6-13-9)8(14)10(12)4-2-5-10/h1,3,6H,2,4-5,12H2,(H2,11,13). The summed E-state index contributed by atoms with van der Waals surface area (Å²) in [5, 5.41) is 0. The Balaban J connectivity index is 2.32. The molecule has 1 saturated carbocycles. The van der Waals surface area contributed by atoms with Crippen LogP contribution >= 0.6 is 0 Å². The Morgan fingerprint density at radius 3 is 2.71 bits per heavy atom. The Morgan fingerprint density at radius 1 is 1.50 bits per heavy atom. The molecule has 74 valence electrons. The van der Waals surface area contributed by atoms with Crippen molar-refractivity contribution in [3.05, 3.63) is 23.9 Å². The summed E-state index contributed by atoms with van der Waals surface area (Å²) < 4.78 is 0. The number of nitrogen functional groups attached to an aromatic ring is 1. The second-order valence-corrected chi connectivity index (χ2v) is 3.78. The summed E-state index contributed by atoms with van der Waals surface area (Å²) in [5.74, 6) is 0.198. The van der Waals surface area contributed by atoms with E-state index in [9.17, 15) is 4.79 Å². The zero-order chi connectivity index (χ0) is 10.2. The minimum atomic E-state index is -0.683. The molecule has 0 saturated heterocycles. The van der Waals surface area contributed by atoms with Gasteiger partial charge in [-0.2, -0.15) is 0 Å². The predicted octanol–water partition coefficient (Wildman–Crippen LogP) is 0.728. The van der Waals surface area contributed by atoms with Crippen LogP contribution in [0.3, 0.4) is 0 Å². The van der Waals surface area contributed by atoms with Crippen molar-refractivity contribution >= 4 is 11.6 Å². The van der Waals surface area contributed by atoms with Gasteiger partial charge in [-0.05, 0) is 31.4 Å². The van der Waals surface area contributed by atoms with E-state index in [4.69, 9.17) is 11.5 Å². The van der Waals surface area contributed by atoms with Crippen molar-refractivity contribution in [1.82, 2.24) is 4.98 Å². The van der Waals surface area contributed by atoms with E-state index in [2.05, 4.69) is 4.98 Å².